The second-order valence-corrected chi connectivity index (χ2v) is 16.8. The van der Waals surface area contributed by atoms with Crippen LogP contribution >= 0.6 is 0 Å². The summed E-state index contributed by atoms with van der Waals surface area (Å²) < 4.78 is 0. The Balaban J connectivity index is 0.892. The summed E-state index contributed by atoms with van der Waals surface area (Å²) in [4.78, 5) is 115. The van der Waals surface area contributed by atoms with Crippen molar-refractivity contribution in [3.8, 4) is 0 Å². The first-order valence-electron chi connectivity index (χ1n) is 20.2. The molecule has 14 rings (SSSR count). The standard InChI is InChI=1S/C51H24N4O8/c1-52-44(56)28-11-3-20-24-7-15-32-42-33(16-8-25(38(24)42)21-4-12-29(45(52)57)40(28)36(20)21)49(61)54(48(32)60)19-55-50(62)34-17-9-26-22-5-13-30-41-31(47(59)53(2)46(30)58)14-6-23(37(22)41)27-10-18-35(51(55)63)43(34)39(26)27/h3-18H,19H2,1-2H3. The lowest BCUT2D eigenvalue weighted by molar-refractivity contribution is 0.0417. The Morgan fingerprint density at radius 1 is 0.254 bits per heavy atom. The van der Waals surface area contributed by atoms with Crippen LogP contribution in [0.4, 0.5) is 0 Å². The van der Waals surface area contributed by atoms with Crippen molar-refractivity contribution in [3.63, 3.8) is 0 Å². The van der Waals surface area contributed by atoms with Crippen LogP contribution in [0.15, 0.2) is 97.1 Å². The zero-order valence-corrected chi connectivity index (χ0v) is 33.0. The van der Waals surface area contributed by atoms with Gasteiger partial charge >= 0.3 is 0 Å². The van der Waals surface area contributed by atoms with E-state index in [-0.39, 0.29) is 22.3 Å². The van der Waals surface area contributed by atoms with Crippen molar-refractivity contribution < 1.29 is 38.4 Å². The lowest BCUT2D eigenvalue weighted by Gasteiger charge is -2.34. The van der Waals surface area contributed by atoms with E-state index in [1.54, 1.807) is 72.8 Å². The van der Waals surface area contributed by atoms with Gasteiger partial charge in [-0.05, 0) is 113 Å². The van der Waals surface area contributed by atoms with Crippen LogP contribution in [0.3, 0.4) is 0 Å². The fourth-order valence-electron chi connectivity index (χ4n) is 11.3. The molecular weight excluding hydrogens is 797 g/mol. The number of hydrogen-bond donors (Lipinski definition) is 0. The zero-order chi connectivity index (χ0) is 42.8. The minimum absolute atomic E-state index is 0.232. The van der Waals surface area contributed by atoms with Crippen molar-refractivity contribution in [3.05, 3.63) is 142 Å². The lowest BCUT2D eigenvalue weighted by Crippen LogP contribution is -2.51. The molecule has 4 aliphatic heterocycles. The second-order valence-electron chi connectivity index (χ2n) is 16.8. The van der Waals surface area contributed by atoms with Crippen LogP contribution in [0, 0.1) is 0 Å². The molecule has 0 saturated carbocycles. The van der Waals surface area contributed by atoms with Gasteiger partial charge in [0, 0.05) is 80.1 Å². The van der Waals surface area contributed by atoms with E-state index in [0.29, 0.717) is 54.6 Å². The number of rotatable bonds is 2. The molecule has 0 radical (unpaired) electrons. The van der Waals surface area contributed by atoms with Crippen LogP contribution in [0.25, 0.3) is 86.2 Å². The molecule has 0 spiro atoms. The molecule has 10 aromatic rings. The van der Waals surface area contributed by atoms with Gasteiger partial charge < -0.3 is 0 Å². The molecule has 0 N–H and O–H groups in total. The number of imide groups is 4. The summed E-state index contributed by atoms with van der Waals surface area (Å²) in [5.41, 5.74) is 2.61. The van der Waals surface area contributed by atoms with Crippen molar-refractivity contribution in [2.24, 2.45) is 0 Å². The van der Waals surface area contributed by atoms with Gasteiger partial charge in [0.05, 0.1) is 0 Å². The Bertz CT molecular complexity index is 3610. The van der Waals surface area contributed by atoms with E-state index in [1.165, 1.54) is 14.1 Å². The predicted molar refractivity (Wildman–Crippen MR) is 234 cm³/mol. The molecule has 0 fully saturated rings. The molecule has 4 heterocycles. The van der Waals surface area contributed by atoms with E-state index in [9.17, 15) is 38.4 Å². The molecule has 0 aliphatic carbocycles. The second kappa shape index (κ2) is 10.8. The molecule has 63 heavy (non-hydrogen) atoms. The molecule has 0 bridgehead atoms. The summed E-state index contributed by atoms with van der Waals surface area (Å²) in [6, 6.07) is 28.0. The van der Waals surface area contributed by atoms with E-state index in [4.69, 9.17) is 0 Å². The summed E-state index contributed by atoms with van der Waals surface area (Å²) in [5, 5.41) is 10.9. The Kier molecular flexibility index (Phi) is 5.85. The molecule has 12 nitrogen and oxygen atoms in total. The van der Waals surface area contributed by atoms with Gasteiger partial charge in [-0.2, -0.15) is 0 Å². The Morgan fingerprint density at radius 2 is 0.429 bits per heavy atom. The van der Waals surface area contributed by atoms with E-state index >= 15 is 0 Å². The van der Waals surface area contributed by atoms with Crippen LogP contribution in [-0.4, -0.2) is 87.6 Å². The van der Waals surface area contributed by atoms with Crippen molar-refractivity contribution in [2.45, 2.75) is 0 Å². The average molecular weight is 821 g/mol. The van der Waals surface area contributed by atoms with Crippen LogP contribution in [0.2, 0.25) is 0 Å². The molecular formula is C51H24N4O8. The van der Waals surface area contributed by atoms with Crippen molar-refractivity contribution in [1.29, 1.82) is 0 Å². The van der Waals surface area contributed by atoms with Crippen LogP contribution in [0.1, 0.15) is 82.9 Å². The molecule has 0 atom stereocenters. The maximum absolute atomic E-state index is 14.5. The summed E-state index contributed by atoms with van der Waals surface area (Å²) in [6.45, 7) is -0.626. The zero-order valence-electron chi connectivity index (χ0n) is 33.0. The number of benzene rings is 10. The van der Waals surface area contributed by atoms with E-state index in [2.05, 4.69) is 0 Å². The SMILES string of the molecule is CN1C(=O)c2ccc3c4ccc5c6c(ccc(c7ccc(c2c37)C1=O)c64)C(=O)N(CN1C(=O)c2ccc3c4ccc6c7c(ccc(c8ccc(c2c38)C1=O)c74)C(=O)N(C)C6=O)C5=O. The van der Waals surface area contributed by atoms with Gasteiger partial charge in [0.1, 0.15) is 6.67 Å². The fraction of sp³-hybridized carbons (Fsp3) is 0.0588. The predicted octanol–water partition coefficient (Wildman–Crippen LogP) is 8.09. The molecule has 0 aromatic heterocycles. The van der Waals surface area contributed by atoms with Gasteiger partial charge in [0.2, 0.25) is 0 Å². The first-order chi connectivity index (χ1) is 30.5. The topological polar surface area (TPSA) is 150 Å². The molecule has 8 amide bonds. The smallest absolute Gasteiger partial charge is 0.262 e. The number of nitrogens with zero attached hydrogens (tertiary/aromatic N) is 4. The molecule has 12 heteroatoms. The monoisotopic (exact) mass is 820 g/mol. The summed E-state index contributed by atoms with van der Waals surface area (Å²) in [7, 11) is 2.93. The maximum atomic E-state index is 14.5. The third-order valence-electron chi connectivity index (χ3n) is 14.1. The van der Waals surface area contributed by atoms with E-state index in [0.717, 1.165) is 73.5 Å². The normalized spacial score (nSPS) is 16.3. The van der Waals surface area contributed by atoms with Gasteiger partial charge in [0.15, 0.2) is 0 Å². The average Bonchev–Trinajstić information content (AvgIpc) is 3.30. The van der Waals surface area contributed by atoms with Crippen LogP contribution < -0.4 is 0 Å². The first kappa shape index (κ1) is 34.1. The number of hydrogen-bond acceptors (Lipinski definition) is 8. The van der Waals surface area contributed by atoms with Gasteiger partial charge in [-0.15, -0.1) is 0 Å². The summed E-state index contributed by atoms with van der Waals surface area (Å²) in [5.74, 6) is -4.22. The van der Waals surface area contributed by atoms with Crippen LogP contribution in [0.5, 0.6) is 0 Å². The first-order valence-corrected chi connectivity index (χ1v) is 20.2. The van der Waals surface area contributed by atoms with E-state index in [1.807, 2.05) is 24.3 Å². The van der Waals surface area contributed by atoms with Gasteiger partial charge in [-0.25, -0.2) is 0 Å². The molecule has 296 valence electrons. The third-order valence-corrected chi connectivity index (χ3v) is 14.1. The third kappa shape index (κ3) is 3.69. The fourth-order valence-corrected chi connectivity index (χ4v) is 11.3. The minimum atomic E-state index is -0.664. The largest absolute Gasteiger partial charge is 0.277 e. The summed E-state index contributed by atoms with van der Waals surface area (Å²) >= 11 is 0. The van der Waals surface area contributed by atoms with E-state index < -0.39 is 53.9 Å². The van der Waals surface area contributed by atoms with Gasteiger partial charge in [0.25, 0.3) is 47.3 Å². The van der Waals surface area contributed by atoms with Crippen LogP contribution in [-0.2, 0) is 0 Å². The quantitative estimate of drug-likeness (QED) is 0.0966. The number of carbonyl (C=O) groups excluding carboxylic acids is 8. The van der Waals surface area contributed by atoms with Gasteiger partial charge in [-0.1, -0.05) is 48.5 Å². The number of amides is 8. The van der Waals surface area contributed by atoms with Gasteiger partial charge in [-0.3, -0.25) is 58.0 Å². The minimum Gasteiger partial charge on any atom is -0.277 e. The van der Waals surface area contributed by atoms with Crippen molar-refractivity contribution >= 4 is 133 Å². The highest BCUT2D eigenvalue weighted by atomic mass is 16.2. The number of fused-ring (bicyclic) bond motifs is 4. The Labute approximate surface area is 352 Å². The Hall–Kier alpha value is -8.64. The lowest BCUT2D eigenvalue weighted by atomic mass is 9.82. The molecule has 0 unspecified atom stereocenters. The highest BCUT2D eigenvalue weighted by Crippen LogP contribution is 2.48. The Morgan fingerprint density at radius 3 is 0.619 bits per heavy atom. The highest BCUT2D eigenvalue weighted by Gasteiger charge is 2.42. The molecule has 0 saturated heterocycles. The highest BCUT2D eigenvalue weighted by molar-refractivity contribution is 6.43. The van der Waals surface area contributed by atoms with Crippen molar-refractivity contribution in [1.82, 2.24) is 19.6 Å². The maximum Gasteiger partial charge on any atom is 0.262 e. The number of carbonyl (C=O) groups is 8. The summed E-state index contributed by atoms with van der Waals surface area (Å²) in [6.07, 6.45) is 0. The molecule has 4 aliphatic rings. The molecule has 10 aromatic carbocycles. The van der Waals surface area contributed by atoms with Crippen molar-refractivity contribution in [2.75, 3.05) is 20.8 Å².